The van der Waals surface area contributed by atoms with Gasteiger partial charge in [0.1, 0.15) is 18.5 Å². The minimum atomic E-state index is -4.49. The SMILES string of the molecule is [C-]#[N+]C[C@H]1CN(c2nc(OC[C@H]3CCCN3C)nc3c2CO[C@@H](c2cccc4ccc(C(F)(F)F)cc24)C3)CCN1C(=O)C(=C)F. The molecule has 0 bridgehead atoms. The fraction of sp³-hybridized carbons (Fsp3) is 0.455. The molecule has 2 fully saturated rings. The Balaban J connectivity index is 1.34. The van der Waals surface area contributed by atoms with E-state index >= 15 is 0 Å². The molecule has 46 heavy (non-hydrogen) atoms. The van der Waals surface area contributed by atoms with Gasteiger partial charge in [-0.15, -0.1) is 0 Å². The lowest BCUT2D eigenvalue weighted by molar-refractivity contribution is -0.137. The number of hydrogen-bond donors (Lipinski definition) is 0. The Labute approximate surface area is 264 Å². The summed E-state index contributed by atoms with van der Waals surface area (Å²) in [4.78, 5) is 31.0. The summed E-state index contributed by atoms with van der Waals surface area (Å²) in [6.45, 7) is 12.7. The standard InChI is InChI=1S/C33H34F4N6O3/c1-20(34)31(44)43-13-12-42(17-24(43)16-38-2)30-27-19-45-29(15-28(27)39-32(40-30)46-18-23-7-5-11-41(23)3)25-8-4-6-21-9-10-22(14-26(21)25)33(35,36)37/h4,6,8-10,14,23-24,29H,1,5,7,11-13,15-19H2,3H3/t23-,24+,29-/m1/s1. The van der Waals surface area contributed by atoms with E-state index in [0.29, 0.717) is 46.6 Å². The van der Waals surface area contributed by atoms with Gasteiger partial charge in [0.15, 0.2) is 5.83 Å². The van der Waals surface area contributed by atoms with Crippen molar-refractivity contribution in [1.29, 1.82) is 0 Å². The highest BCUT2D eigenvalue weighted by Crippen LogP contribution is 2.39. The van der Waals surface area contributed by atoms with Crippen LogP contribution in [0.1, 0.15) is 41.3 Å². The third kappa shape index (κ3) is 6.37. The monoisotopic (exact) mass is 638 g/mol. The number of nitrogens with zero attached hydrogens (tertiary/aromatic N) is 6. The summed E-state index contributed by atoms with van der Waals surface area (Å²) in [5, 5.41) is 1.13. The van der Waals surface area contributed by atoms with Crippen LogP contribution in [0, 0.1) is 6.57 Å². The fourth-order valence-electron chi connectivity index (χ4n) is 6.60. The second-order valence-electron chi connectivity index (χ2n) is 12.0. The lowest BCUT2D eigenvalue weighted by atomic mass is 9.93. The molecule has 3 aliphatic heterocycles. The number of carbonyl (C=O) groups is 1. The van der Waals surface area contributed by atoms with Gasteiger partial charge in [0.2, 0.25) is 6.54 Å². The third-order valence-electron chi connectivity index (χ3n) is 9.10. The molecule has 1 amide bonds. The number of likely N-dealkylation sites (tertiary alicyclic amines) is 1. The van der Waals surface area contributed by atoms with Gasteiger partial charge in [-0.1, -0.05) is 30.8 Å². The number of rotatable bonds is 7. The quantitative estimate of drug-likeness (QED) is 0.196. The molecule has 242 valence electrons. The van der Waals surface area contributed by atoms with Crippen LogP contribution in [0.2, 0.25) is 0 Å². The first-order valence-electron chi connectivity index (χ1n) is 15.2. The average Bonchev–Trinajstić information content (AvgIpc) is 3.46. The predicted octanol–water partition coefficient (Wildman–Crippen LogP) is 5.36. The Bertz CT molecular complexity index is 1690. The van der Waals surface area contributed by atoms with E-state index in [-0.39, 0.29) is 44.7 Å². The van der Waals surface area contributed by atoms with Gasteiger partial charge in [-0.2, -0.15) is 23.1 Å². The number of anilines is 1. The van der Waals surface area contributed by atoms with Crippen molar-refractivity contribution in [1.82, 2.24) is 19.8 Å². The van der Waals surface area contributed by atoms with Crippen LogP contribution in [0.15, 0.2) is 48.8 Å². The minimum absolute atomic E-state index is 0.0280. The van der Waals surface area contributed by atoms with E-state index < -0.39 is 35.6 Å². The Morgan fingerprint density at radius 1 is 1.17 bits per heavy atom. The number of likely N-dealkylation sites (N-methyl/N-ethyl adjacent to an activating group) is 1. The van der Waals surface area contributed by atoms with Crippen LogP contribution in [0.5, 0.6) is 6.01 Å². The Hall–Kier alpha value is -4.28. The van der Waals surface area contributed by atoms with Crippen LogP contribution >= 0.6 is 0 Å². The molecule has 6 rings (SSSR count). The van der Waals surface area contributed by atoms with Gasteiger partial charge in [0.05, 0.1) is 24.0 Å². The van der Waals surface area contributed by atoms with Gasteiger partial charge in [0, 0.05) is 37.7 Å². The van der Waals surface area contributed by atoms with Crippen molar-refractivity contribution in [3.8, 4) is 6.01 Å². The number of piperazine rings is 1. The fourth-order valence-corrected chi connectivity index (χ4v) is 6.60. The van der Waals surface area contributed by atoms with Crippen molar-refractivity contribution in [2.75, 3.05) is 51.3 Å². The lowest BCUT2D eigenvalue weighted by Crippen LogP contribution is -2.57. The van der Waals surface area contributed by atoms with E-state index in [1.54, 1.807) is 18.2 Å². The van der Waals surface area contributed by atoms with Crippen molar-refractivity contribution in [3.63, 3.8) is 0 Å². The highest BCUT2D eigenvalue weighted by molar-refractivity contribution is 5.91. The van der Waals surface area contributed by atoms with Crippen molar-refractivity contribution < 1.29 is 31.8 Å². The molecule has 2 aromatic carbocycles. The number of benzene rings is 2. The number of hydrogen-bond acceptors (Lipinski definition) is 7. The number of ether oxygens (including phenoxy) is 2. The maximum Gasteiger partial charge on any atom is 0.416 e. The van der Waals surface area contributed by atoms with Gasteiger partial charge in [-0.05, 0) is 54.9 Å². The van der Waals surface area contributed by atoms with Crippen molar-refractivity contribution in [2.24, 2.45) is 0 Å². The van der Waals surface area contributed by atoms with Gasteiger partial charge in [-0.3, -0.25) is 4.79 Å². The average molecular weight is 639 g/mol. The molecular weight excluding hydrogens is 604 g/mol. The topological polar surface area (TPSA) is 75.4 Å². The van der Waals surface area contributed by atoms with E-state index in [0.717, 1.165) is 31.5 Å². The zero-order valence-electron chi connectivity index (χ0n) is 25.4. The molecule has 3 aliphatic rings. The van der Waals surface area contributed by atoms with Crippen LogP contribution in [0.3, 0.4) is 0 Å². The third-order valence-corrected chi connectivity index (χ3v) is 9.10. The first-order valence-corrected chi connectivity index (χ1v) is 15.2. The summed E-state index contributed by atoms with van der Waals surface area (Å²) >= 11 is 0. The maximum absolute atomic E-state index is 13.8. The Morgan fingerprint density at radius 2 is 2.00 bits per heavy atom. The summed E-state index contributed by atoms with van der Waals surface area (Å²) in [6, 6.07) is 8.83. The molecule has 0 aliphatic carbocycles. The summed E-state index contributed by atoms with van der Waals surface area (Å²) in [5.74, 6) is -1.38. The molecular formula is C33H34F4N6O3. The number of carbonyl (C=O) groups excluding carboxylic acids is 1. The Kier molecular flexibility index (Phi) is 8.85. The van der Waals surface area contributed by atoms with Gasteiger partial charge in [-0.25, -0.2) is 11.0 Å². The number of alkyl halides is 3. The zero-order chi connectivity index (χ0) is 32.6. The van der Waals surface area contributed by atoms with E-state index in [1.165, 1.54) is 11.0 Å². The normalized spacial score (nSPS) is 22.0. The highest BCUT2D eigenvalue weighted by atomic mass is 19.4. The van der Waals surface area contributed by atoms with Crippen molar-refractivity contribution in [2.45, 2.75) is 50.2 Å². The summed E-state index contributed by atoms with van der Waals surface area (Å²) < 4.78 is 67.1. The lowest BCUT2D eigenvalue weighted by Gasteiger charge is -2.40. The molecule has 4 heterocycles. The molecule has 0 spiro atoms. The van der Waals surface area contributed by atoms with E-state index in [1.807, 2.05) is 11.9 Å². The number of amides is 1. The predicted molar refractivity (Wildman–Crippen MR) is 163 cm³/mol. The molecule has 3 aromatic rings. The van der Waals surface area contributed by atoms with Crippen LogP contribution in [0.4, 0.5) is 23.4 Å². The molecule has 1 aromatic heterocycles. The van der Waals surface area contributed by atoms with Crippen LogP contribution in [0.25, 0.3) is 15.6 Å². The summed E-state index contributed by atoms with van der Waals surface area (Å²) in [7, 11) is 2.04. The molecule has 0 unspecified atom stereocenters. The van der Waals surface area contributed by atoms with E-state index in [9.17, 15) is 22.4 Å². The molecule has 3 atom stereocenters. The first kappa shape index (κ1) is 31.7. The maximum atomic E-state index is 13.8. The summed E-state index contributed by atoms with van der Waals surface area (Å²) in [6.07, 6.45) is -2.74. The number of fused-ring (bicyclic) bond motifs is 2. The van der Waals surface area contributed by atoms with Gasteiger partial charge in [0.25, 0.3) is 5.91 Å². The summed E-state index contributed by atoms with van der Waals surface area (Å²) in [5.41, 5.74) is 1.25. The van der Waals surface area contributed by atoms with Crippen LogP contribution < -0.4 is 9.64 Å². The number of aromatic nitrogens is 2. The second kappa shape index (κ2) is 12.8. The molecule has 9 nitrogen and oxygen atoms in total. The minimum Gasteiger partial charge on any atom is -0.462 e. The van der Waals surface area contributed by atoms with Gasteiger partial charge < -0.3 is 29.0 Å². The first-order chi connectivity index (χ1) is 22.0. The molecule has 0 saturated carbocycles. The van der Waals surface area contributed by atoms with Crippen LogP contribution in [-0.4, -0.2) is 84.1 Å². The van der Waals surface area contributed by atoms with Crippen LogP contribution in [-0.2, 0) is 28.7 Å². The smallest absolute Gasteiger partial charge is 0.416 e. The van der Waals surface area contributed by atoms with E-state index in [4.69, 9.17) is 26.0 Å². The van der Waals surface area contributed by atoms with Crippen molar-refractivity contribution >= 4 is 22.5 Å². The highest BCUT2D eigenvalue weighted by Gasteiger charge is 2.37. The Morgan fingerprint density at radius 3 is 2.72 bits per heavy atom. The number of halogens is 4. The molecule has 0 radical (unpaired) electrons. The largest absolute Gasteiger partial charge is 0.462 e. The zero-order valence-corrected chi connectivity index (χ0v) is 25.4. The molecule has 13 heteroatoms. The molecule has 0 N–H and O–H groups in total. The van der Waals surface area contributed by atoms with Crippen molar-refractivity contribution in [3.05, 3.63) is 82.6 Å². The van der Waals surface area contributed by atoms with E-state index in [2.05, 4.69) is 16.3 Å². The second-order valence-corrected chi connectivity index (χ2v) is 12.0. The molecule has 2 saturated heterocycles. The van der Waals surface area contributed by atoms with Gasteiger partial charge >= 0.3 is 12.2 Å².